The minimum absolute atomic E-state index is 0.386. The van der Waals surface area contributed by atoms with E-state index in [0.29, 0.717) is 31.9 Å². The van der Waals surface area contributed by atoms with E-state index in [0.717, 1.165) is 12.0 Å². The summed E-state index contributed by atoms with van der Waals surface area (Å²) in [6, 6.07) is 7.36. The number of hydrogen-bond donors (Lipinski definition) is 1. The lowest BCUT2D eigenvalue weighted by Gasteiger charge is -2.33. The third-order valence-corrected chi connectivity index (χ3v) is 3.24. The van der Waals surface area contributed by atoms with E-state index in [4.69, 9.17) is 5.73 Å². The van der Waals surface area contributed by atoms with Crippen LogP contribution in [0.5, 0.6) is 0 Å². The molecule has 5 nitrogen and oxygen atoms in total. The number of nitrogens with zero attached hydrogens (tertiary/aromatic N) is 2. The molecule has 1 saturated heterocycles. The highest BCUT2D eigenvalue weighted by atomic mass is 16.2. The van der Waals surface area contributed by atoms with E-state index in [1.165, 1.54) is 0 Å². The van der Waals surface area contributed by atoms with Crippen molar-refractivity contribution in [3.05, 3.63) is 29.8 Å². The van der Waals surface area contributed by atoms with Gasteiger partial charge in [-0.05, 0) is 24.1 Å². The summed E-state index contributed by atoms with van der Waals surface area (Å²) < 4.78 is 0. The highest BCUT2D eigenvalue weighted by Crippen LogP contribution is 2.12. The number of anilines is 1. The Bertz CT molecular complexity index is 470. The number of hydrogen-bond acceptors (Lipinski definition) is 3. The second-order valence-electron chi connectivity index (χ2n) is 4.76. The topological polar surface area (TPSA) is 66.6 Å². The van der Waals surface area contributed by atoms with Crippen molar-refractivity contribution >= 4 is 17.5 Å². The Balaban J connectivity index is 2.01. The number of carbonyl (C=O) groups is 2. The fraction of sp³-hybridized carbons (Fsp3) is 0.429. The van der Waals surface area contributed by atoms with Gasteiger partial charge in [-0.1, -0.05) is 19.1 Å². The molecule has 0 aliphatic carbocycles. The number of benzene rings is 1. The summed E-state index contributed by atoms with van der Waals surface area (Å²) in [5.74, 6) is -0.792. The van der Waals surface area contributed by atoms with Gasteiger partial charge < -0.3 is 15.5 Å². The Morgan fingerprint density at radius 1 is 1.05 bits per heavy atom. The summed E-state index contributed by atoms with van der Waals surface area (Å²) in [6.45, 7) is 4.33. The standard InChI is InChI=1S/C14H19N3O2/c1-2-7-16-8-9-17(14(19)13(16)18)10-11-3-5-12(15)6-4-11/h3-6H,2,7-10,15H2,1H3. The Labute approximate surface area is 113 Å². The van der Waals surface area contributed by atoms with Crippen LogP contribution in [0.1, 0.15) is 18.9 Å². The van der Waals surface area contributed by atoms with E-state index in [2.05, 4.69) is 0 Å². The zero-order valence-corrected chi connectivity index (χ0v) is 11.1. The molecule has 1 aliphatic heterocycles. The summed E-state index contributed by atoms with van der Waals surface area (Å²) in [5.41, 5.74) is 7.30. The van der Waals surface area contributed by atoms with Gasteiger partial charge in [0.1, 0.15) is 0 Å². The van der Waals surface area contributed by atoms with Crippen molar-refractivity contribution < 1.29 is 9.59 Å². The van der Waals surface area contributed by atoms with E-state index >= 15 is 0 Å². The van der Waals surface area contributed by atoms with Gasteiger partial charge in [0.25, 0.3) is 0 Å². The quantitative estimate of drug-likeness (QED) is 0.645. The molecule has 0 radical (unpaired) electrons. The van der Waals surface area contributed by atoms with Crippen LogP contribution in [0.4, 0.5) is 5.69 Å². The van der Waals surface area contributed by atoms with Gasteiger partial charge in [-0.25, -0.2) is 0 Å². The zero-order chi connectivity index (χ0) is 13.8. The lowest BCUT2D eigenvalue weighted by atomic mass is 10.1. The fourth-order valence-corrected chi connectivity index (χ4v) is 2.19. The SMILES string of the molecule is CCCN1CCN(Cc2ccc(N)cc2)C(=O)C1=O. The lowest BCUT2D eigenvalue weighted by molar-refractivity contribution is -0.156. The minimum Gasteiger partial charge on any atom is -0.399 e. The maximum Gasteiger partial charge on any atom is 0.312 e. The van der Waals surface area contributed by atoms with E-state index < -0.39 is 5.91 Å². The van der Waals surface area contributed by atoms with Gasteiger partial charge >= 0.3 is 11.8 Å². The first-order chi connectivity index (χ1) is 9.11. The monoisotopic (exact) mass is 261 g/mol. The van der Waals surface area contributed by atoms with Crippen molar-refractivity contribution in [2.75, 3.05) is 25.4 Å². The molecular formula is C14H19N3O2. The predicted molar refractivity (Wildman–Crippen MR) is 73.1 cm³/mol. The van der Waals surface area contributed by atoms with Crippen LogP contribution in [0.15, 0.2) is 24.3 Å². The molecule has 1 heterocycles. The van der Waals surface area contributed by atoms with Gasteiger partial charge in [0.2, 0.25) is 0 Å². The van der Waals surface area contributed by atoms with E-state index in [1.54, 1.807) is 21.9 Å². The molecule has 1 aromatic carbocycles. The Hall–Kier alpha value is -2.04. The van der Waals surface area contributed by atoms with Crippen LogP contribution in [0.2, 0.25) is 0 Å². The maximum absolute atomic E-state index is 12.0. The van der Waals surface area contributed by atoms with Crippen molar-refractivity contribution in [1.82, 2.24) is 9.80 Å². The Morgan fingerprint density at radius 3 is 2.26 bits per heavy atom. The van der Waals surface area contributed by atoms with Crippen LogP contribution < -0.4 is 5.73 Å². The van der Waals surface area contributed by atoms with Gasteiger partial charge in [-0.15, -0.1) is 0 Å². The first kappa shape index (κ1) is 13.4. The average molecular weight is 261 g/mol. The lowest BCUT2D eigenvalue weighted by Crippen LogP contribution is -2.53. The molecule has 1 aliphatic rings. The highest BCUT2D eigenvalue weighted by Gasteiger charge is 2.31. The summed E-state index contributed by atoms with van der Waals surface area (Å²) in [5, 5.41) is 0. The fourth-order valence-electron chi connectivity index (χ4n) is 2.19. The number of piperazine rings is 1. The average Bonchev–Trinajstić information content (AvgIpc) is 2.41. The van der Waals surface area contributed by atoms with Crippen molar-refractivity contribution in [2.45, 2.75) is 19.9 Å². The summed E-state index contributed by atoms with van der Waals surface area (Å²) >= 11 is 0. The normalized spacial score (nSPS) is 16.1. The van der Waals surface area contributed by atoms with Gasteiger partial charge in [-0.2, -0.15) is 0 Å². The number of rotatable bonds is 4. The third-order valence-electron chi connectivity index (χ3n) is 3.24. The van der Waals surface area contributed by atoms with Crippen molar-refractivity contribution in [1.29, 1.82) is 0 Å². The van der Waals surface area contributed by atoms with Crippen LogP contribution in [0.3, 0.4) is 0 Å². The van der Waals surface area contributed by atoms with Crippen LogP contribution in [-0.4, -0.2) is 41.2 Å². The van der Waals surface area contributed by atoms with Gasteiger partial charge in [-0.3, -0.25) is 9.59 Å². The highest BCUT2D eigenvalue weighted by molar-refractivity contribution is 6.35. The number of nitrogens with two attached hydrogens (primary N) is 1. The molecule has 1 fully saturated rings. The molecule has 102 valence electrons. The number of nitrogen functional groups attached to an aromatic ring is 1. The van der Waals surface area contributed by atoms with E-state index in [9.17, 15) is 9.59 Å². The first-order valence-corrected chi connectivity index (χ1v) is 6.54. The third kappa shape index (κ3) is 3.05. The molecule has 5 heteroatoms. The maximum atomic E-state index is 12.0. The molecule has 0 aromatic heterocycles. The van der Waals surface area contributed by atoms with Crippen LogP contribution >= 0.6 is 0 Å². The number of carbonyl (C=O) groups excluding carboxylic acids is 2. The molecule has 2 rings (SSSR count). The molecule has 0 spiro atoms. The van der Waals surface area contributed by atoms with Crippen molar-refractivity contribution in [3.8, 4) is 0 Å². The smallest absolute Gasteiger partial charge is 0.312 e. The van der Waals surface area contributed by atoms with Crippen LogP contribution in [-0.2, 0) is 16.1 Å². The molecule has 0 atom stereocenters. The molecule has 2 N–H and O–H groups in total. The molecule has 0 unspecified atom stereocenters. The molecule has 2 amide bonds. The van der Waals surface area contributed by atoms with Crippen molar-refractivity contribution in [2.24, 2.45) is 0 Å². The Kier molecular flexibility index (Phi) is 4.04. The van der Waals surface area contributed by atoms with E-state index in [1.807, 2.05) is 19.1 Å². The molecule has 1 aromatic rings. The summed E-state index contributed by atoms with van der Waals surface area (Å²) in [7, 11) is 0. The second kappa shape index (κ2) is 5.73. The Morgan fingerprint density at radius 2 is 1.63 bits per heavy atom. The number of amides is 2. The molecule has 19 heavy (non-hydrogen) atoms. The molecular weight excluding hydrogens is 242 g/mol. The molecule has 0 bridgehead atoms. The zero-order valence-electron chi connectivity index (χ0n) is 11.1. The van der Waals surface area contributed by atoms with Crippen molar-refractivity contribution in [3.63, 3.8) is 0 Å². The summed E-state index contributed by atoms with van der Waals surface area (Å²) in [6.07, 6.45) is 0.872. The van der Waals surface area contributed by atoms with Crippen LogP contribution in [0.25, 0.3) is 0 Å². The predicted octanol–water partition coefficient (Wildman–Crippen LogP) is 0.850. The summed E-state index contributed by atoms with van der Waals surface area (Å²) in [4.78, 5) is 27.1. The second-order valence-corrected chi connectivity index (χ2v) is 4.76. The largest absolute Gasteiger partial charge is 0.399 e. The van der Waals surface area contributed by atoms with Gasteiger partial charge in [0.15, 0.2) is 0 Å². The minimum atomic E-state index is -0.406. The van der Waals surface area contributed by atoms with E-state index in [-0.39, 0.29) is 5.91 Å². The van der Waals surface area contributed by atoms with Gasteiger partial charge in [0.05, 0.1) is 0 Å². The molecule has 0 saturated carbocycles. The van der Waals surface area contributed by atoms with Gasteiger partial charge in [0, 0.05) is 31.9 Å². The first-order valence-electron chi connectivity index (χ1n) is 6.54. The van der Waals surface area contributed by atoms with Crippen LogP contribution in [0, 0.1) is 0 Å².